The monoisotopic (exact) mass is 489 g/mol. The van der Waals surface area contributed by atoms with Gasteiger partial charge in [0.25, 0.3) is 0 Å². The molecule has 6 heteroatoms. The number of alkyl halides is 3. The maximum atomic E-state index is 13.2. The minimum Gasteiger partial charge on any atom is -0.388 e. The van der Waals surface area contributed by atoms with Crippen LogP contribution in [-0.4, -0.2) is 10.1 Å². The molecule has 2 heterocycles. The second-order valence-corrected chi connectivity index (χ2v) is 11.5. The van der Waals surface area contributed by atoms with Crippen LogP contribution in [0.1, 0.15) is 131 Å². The summed E-state index contributed by atoms with van der Waals surface area (Å²) in [5.41, 5.74) is 4.41. The van der Waals surface area contributed by atoms with Crippen LogP contribution in [-0.2, 0) is 22.9 Å². The fourth-order valence-electron chi connectivity index (χ4n) is 6.44. The lowest BCUT2D eigenvalue weighted by Crippen LogP contribution is -2.34. The predicted octanol–water partition coefficient (Wildman–Crippen LogP) is 8.14. The average molecular weight is 490 g/mol. The van der Waals surface area contributed by atoms with Gasteiger partial charge in [-0.3, -0.25) is 4.98 Å². The third-order valence-corrected chi connectivity index (χ3v) is 7.92. The average Bonchev–Trinajstić information content (AvgIpc) is 3.06. The molecule has 3 aliphatic rings. The van der Waals surface area contributed by atoms with Crippen molar-refractivity contribution in [3.63, 3.8) is 0 Å². The highest BCUT2D eigenvalue weighted by atomic mass is 19.4. The quantitative estimate of drug-likeness (QED) is 0.463. The molecule has 1 aromatic carbocycles. The van der Waals surface area contributed by atoms with E-state index < -0.39 is 29.5 Å². The second-order valence-electron chi connectivity index (χ2n) is 11.5. The van der Waals surface area contributed by atoms with Crippen LogP contribution >= 0.6 is 0 Å². The van der Waals surface area contributed by atoms with Gasteiger partial charge >= 0.3 is 6.18 Å². The number of aromatic nitrogens is 1. The number of ether oxygens (including phenoxy) is 1. The molecule has 0 bridgehead atoms. The third-order valence-electron chi connectivity index (χ3n) is 7.92. The molecule has 35 heavy (non-hydrogen) atoms. The summed E-state index contributed by atoms with van der Waals surface area (Å²) in [6.45, 7) is 8.55. The van der Waals surface area contributed by atoms with Gasteiger partial charge in [0, 0.05) is 22.5 Å². The van der Waals surface area contributed by atoms with Gasteiger partial charge in [-0.15, -0.1) is 0 Å². The number of hydrogen-bond donors (Lipinski definition) is 1. The Labute approximate surface area is 207 Å². The molecular weight excluding hydrogens is 451 g/mol. The fraction of sp³-hybridized carbons (Fsp3) is 0.621. The lowest BCUT2D eigenvalue weighted by molar-refractivity contribution is -0.137. The number of aliphatic hydroxyl groups excluding tert-OH is 1. The molecule has 0 unspecified atom stereocenters. The van der Waals surface area contributed by atoms with Gasteiger partial charge in [0.15, 0.2) is 0 Å². The highest BCUT2D eigenvalue weighted by molar-refractivity contribution is 5.54. The number of halogens is 3. The summed E-state index contributed by atoms with van der Waals surface area (Å²) < 4.78 is 46.5. The normalized spacial score (nSPS) is 24.7. The van der Waals surface area contributed by atoms with E-state index >= 15 is 0 Å². The Morgan fingerprint density at radius 3 is 2.23 bits per heavy atom. The highest BCUT2D eigenvalue weighted by Crippen LogP contribution is 2.58. The van der Waals surface area contributed by atoms with Crippen molar-refractivity contribution in [2.45, 2.75) is 110 Å². The van der Waals surface area contributed by atoms with Gasteiger partial charge in [-0.2, -0.15) is 13.2 Å². The maximum absolute atomic E-state index is 13.2. The summed E-state index contributed by atoms with van der Waals surface area (Å²) in [5, 5.41) is 11.4. The van der Waals surface area contributed by atoms with E-state index in [9.17, 15) is 18.3 Å². The molecule has 1 spiro atoms. The zero-order chi connectivity index (χ0) is 24.5. The van der Waals surface area contributed by atoms with E-state index in [4.69, 9.17) is 9.72 Å². The van der Waals surface area contributed by atoms with Crippen molar-refractivity contribution in [3.05, 3.63) is 63.5 Å². The molecule has 2 aliphatic carbocycles. The summed E-state index contributed by atoms with van der Waals surface area (Å²) in [4.78, 5) is 5.12. The number of hydrogen-bond acceptors (Lipinski definition) is 3. The van der Waals surface area contributed by atoms with Gasteiger partial charge in [-0.1, -0.05) is 66.5 Å². The highest BCUT2D eigenvalue weighted by Gasteiger charge is 2.52. The molecule has 0 saturated heterocycles. The molecule has 2 atom stereocenters. The number of nitrogens with zero attached hydrogens (tertiary/aromatic N) is 1. The van der Waals surface area contributed by atoms with E-state index in [1.54, 1.807) is 12.1 Å². The first-order valence-corrected chi connectivity index (χ1v) is 12.5. The Hall–Kier alpha value is -1.92. The van der Waals surface area contributed by atoms with Gasteiger partial charge in [-0.05, 0) is 60.3 Å². The standard InChI is InChI=1S/C28H34F3NO2.CH4/c1-16(2)24-22-23(21-19(32-24)14-26(3,4)15-20(21)33)27(12-6-5-7-13-27)34-25(22)17-8-10-18(11-9-17)28(29,30)31;/h8-11,16,20,25,33H,5-7,12-15H2,1-4H3;1H4/t20-,25+;/m0./s1. The van der Waals surface area contributed by atoms with E-state index in [-0.39, 0.29) is 18.8 Å². The molecule has 5 rings (SSSR count). The van der Waals surface area contributed by atoms with Crippen LogP contribution < -0.4 is 0 Å². The molecule has 2 aromatic rings. The summed E-state index contributed by atoms with van der Waals surface area (Å²) in [5.74, 6) is 0.125. The molecule has 1 aliphatic heterocycles. The Morgan fingerprint density at radius 1 is 1.03 bits per heavy atom. The van der Waals surface area contributed by atoms with Crippen molar-refractivity contribution in [1.29, 1.82) is 0 Å². The molecule has 3 nitrogen and oxygen atoms in total. The first kappa shape index (κ1) is 26.2. The summed E-state index contributed by atoms with van der Waals surface area (Å²) >= 11 is 0. The van der Waals surface area contributed by atoms with Crippen LogP contribution in [0.4, 0.5) is 13.2 Å². The third kappa shape index (κ3) is 4.42. The number of aliphatic hydroxyl groups is 1. The topological polar surface area (TPSA) is 42.4 Å². The molecule has 1 saturated carbocycles. The first-order valence-electron chi connectivity index (χ1n) is 12.5. The molecule has 1 N–H and O–H groups in total. The van der Waals surface area contributed by atoms with Gasteiger partial charge in [0.1, 0.15) is 6.10 Å². The van der Waals surface area contributed by atoms with Crippen molar-refractivity contribution in [1.82, 2.24) is 4.98 Å². The van der Waals surface area contributed by atoms with Crippen molar-refractivity contribution in [2.24, 2.45) is 5.41 Å². The molecule has 1 fully saturated rings. The number of rotatable bonds is 2. The van der Waals surface area contributed by atoms with Crippen LogP contribution in [0.15, 0.2) is 24.3 Å². The minimum absolute atomic E-state index is 0. The van der Waals surface area contributed by atoms with Gasteiger partial charge < -0.3 is 9.84 Å². The second kappa shape index (κ2) is 8.88. The molecule has 1 aromatic heterocycles. The zero-order valence-electron chi connectivity index (χ0n) is 20.4. The number of fused-ring (bicyclic) bond motifs is 4. The molecule has 0 radical (unpaired) electrons. The van der Waals surface area contributed by atoms with Crippen molar-refractivity contribution >= 4 is 0 Å². The lowest BCUT2D eigenvalue weighted by Gasteiger charge is -2.40. The number of pyridine rings is 1. The smallest absolute Gasteiger partial charge is 0.388 e. The van der Waals surface area contributed by atoms with E-state index in [2.05, 4.69) is 27.7 Å². The Balaban J connectivity index is 0.00000289. The van der Waals surface area contributed by atoms with E-state index in [0.717, 1.165) is 78.7 Å². The van der Waals surface area contributed by atoms with E-state index in [0.29, 0.717) is 12.0 Å². The Kier molecular flexibility index (Phi) is 6.63. The zero-order valence-corrected chi connectivity index (χ0v) is 20.4. The van der Waals surface area contributed by atoms with Crippen molar-refractivity contribution in [3.8, 4) is 0 Å². The Morgan fingerprint density at radius 2 is 1.66 bits per heavy atom. The van der Waals surface area contributed by atoms with Crippen molar-refractivity contribution in [2.75, 3.05) is 0 Å². The SMILES string of the molecule is C.CC(C)c1nc2c(c3c1[C@@H](c1ccc(C(F)(F)F)cc1)OC31CCCCC1)[C@@H](O)CC(C)(C)C2. The van der Waals surface area contributed by atoms with Crippen LogP contribution in [0.25, 0.3) is 0 Å². The Bertz CT molecular complexity index is 1080. The lowest BCUT2D eigenvalue weighted by atomic mass is 9.68. The minimum atomic E-state index is -4.38. The van der Waals surface area contributed by atoms with Gasteiger partial charge in [0.2, 0.25) is 0 Å². The molecule has 192 valence electrons. The van der Waals surface area contributed by atoms with Crippen molar-refractivity contribution < 1.29 is 23.0 Å². The molecule has 0 amide bonds. The van der Waals surface area contributed by atoms with Crippen LogP contribution in [0.5, 0.6) is 0 Å². The first-order chi connectivity index (χ1) is 15.9. The van der Waals surface area contributed by atoms with Gasteiger partial charge in [-0.25, -0.2) is 0 Å². The van der Waals surface area contributed by atoms with Crippen LogP contribution in [0, 0.1) is 5.41 Å². The van der Waals surface area contributed by atoms with Gasteiger partial charge in [0.05, 0.1) is 17.3 Å². The maximum Gasteiger partial charge on any atom is 0.416 e. The summed E-state index contributed by atoms with van der Waals surface area (Å²) in [6.07, 6.45) is 0.932. The van der Waals surface area contributed by atoms with E-state index in [1.807, 2.05) is 0 Å². The van der Waals surface area contributed by atoms with E-state index in [1.165, 1.54) is 0 Å². The summed E-state index contributed by atoms with van der Waals surface area (Å²) in [6, 6.07) is 5.37. The number of benzene rings is 1. The molecular formula is C29H38F3NO2. The largest absolute Gasteiger partial charge is 0.416 e. The summed E-state index contributed by atoms with van der Waals surface area (Å²) in [7, 11) is 0. The fourth-order valence-corrected chi connectivity index (χ4v) is 6.44. The van der Waals surface area contributed by atoms with Crippen LogP contribution in [0.2, 0.25) is 0 Å². The predicted molar refractivity (Wildman–Crippen MR) is 131 cm³/mol. The van der Waals surface area contributed by atoms with Crippen LogP contribution in [0.3, 0.4) is 0 Å².